The lowest BCUT2D eigenvalue weighted by Gasteiger charge is -2.14. The molecule has 0 aromatic heterocycles. The Morgan fingerprint density at radius 3 is 1.50 bits per heavy atom. The van der Waals surface area contributed by atoms with Gasteiger partial charge in [0.05, 0.1) is 5.57 Å². The lowest BCUT2D eigenvalue weighted by atomic mass is 10.1. The molecule has 0 atom stereocenters. The number of hydrogen-bond acceptors (Lipinski definition) is 0. The van der Waals surface area contributed by atoms with Gasteiger partial charge in [0.2, 0.25) is 0 Å². The highest BCUT2D eigenvalue weighted by Gasteiger charge is 2.59. The van der Waals surface area contributed by atoms with Crippen LogP contribution in [0.2, 0.25) is 0 Å². The molecule has 1 aliphatic carbocycles. The maximum Gasteiger partial charge on any atom is 0.481 e. The zero-order valence-electron chi connectivity index (χ0n) is 8.58. The standard InChI is InChI=1S/C10H4F6Si2/c11-10(12)7-5-1-3-17(13,14)8(5)9-6(7)2-4-18(9,15)16/h1-4H. The average molecular weight is 294 g/mol. The average Bonchev–Trinajstić information content (AvgIpc) is 2.79. The van der Waals surface area contributed by atoms with Crippen molar-refractivity contribution in [3.63, 3.8) is 0 Å². The summed E-state index contributed by atoms with van der Waals surface area (Å²) < 4.78 is 80.3. The van der Waals surface area contributed by atoms with Gasteiger partial charge in [-0.3, -0.25) is 16.4 Å². The molecule has 0 saturated carbocycles. The van der Waals surface area contributed by atoms with Crippen LogP contribution in [0.25, 0.3) is 0 Å². The highest BCUT2D eigenvalue weighted by Crippen LogP contribution is 2.54. The largest absolute Gasteiger partial charge is 0.481 e. The molecule has 2 heterocycles. The van der Waals surface area contributed by atoms with Crippen LogP contribution < -0.4 is 0 Å². The van der Waals surface area contributed by atoms with Gasteiger partial charge in [-0.1, -0.05) is 12.2 Å². The van der Waals surface area contributed by atoms with Crippen molar-refractivity contribution in [3.05, 3.63) is 56.7 Å². The molecule has 0 fully saturated rings. The fourth-order valence-corrected chi connectivity index (χ4v) is 6.59. The smallest absolute Gasteiger partial charge is 0.260 e. The second kappa shape index (κ2) is 3.18. The quantitative estimate of drug-likeness (QED) is 0.362. The second-order valence-corrected chi connectivity index (χ2v) is 8.28. The summed E-state index contributed by atoms with van der Waals surface area (Å²) in [6.07, 6.45) is -0.487. The molecule has 0 aromatic carbocycles. The van der Waals surface area contributed by atoms with E-state index in [1.54, 1.807) is 0 Å². The molecule has 18 heavy (non-hydrogen) atoms. The molecule has 0 bridgehead atoms. The monoisotopic (exact) mass is 294 g/mol. The summed E-state index contributed by atoms with van der Waals surface area (Å²) in [5, 5.41) is -1.61. The Hall–Kier alpha value is -1.29. The van der Waals surface area contributed by atoms with Crippen molar-refractivity contribution in [2.24, 2.45) is 0 Å². The maximum atomic E-state index is 13.7. The van der Waals surface area contributed by atoms with E-state index in [-0.39, 0.29) is 0 Å². The Kier molecular flexibility index (Phi) is 2.08. The van der Waals surface area contributed by atoms with E-state index in [1.165, 1.54) is 0 Å². The molecule has 0 aromatic rings. The normalized spacial score (nSPS) is 26.2. The molecule has 0 spiro atoms. The minimum Gasteiger partial charge on any atom is -0.260 e. The van der Waals surface area contributed by atoms with Crippen molar-refractivity contribution in [2.45, 2.75) is 0 Å². The summed E-state index contributed by atoms with van der Waals surface area (Å²) in [5.74, 6) is 0. The van der Waals surface area contributed by atoms with Gasteiger partial charge < -0.3 is 0 Å². The van der Waals surface area contributed by atoms with Gasteiger partial charge in [-0.25, -0.2) is 0 Å². The van der Waals surface area contributed by atoms with Gasteiger partial charge in [-0.2, -0.15) is 8.78 Å². The minimum absolute atomic E-state index is 0.409. The van der Waals surface area contributed by atoms with Crippen LogP contribution in [0.5, 0.6) is 0 Å². The second-order valence-electron chi connectivity index (χ2n) is 4.13. The summed E-state index contributed by atoms with van der Waals surface area (Å²) in [6, 6.07) is 0. The minimum atomic E-state index is -5.14. The molecule has 0 radical (unpaired) electrons. The van der Waals surface area contributed by atoms with Crippen LogP contribution in [0.1, 0.15) is 0 Å². The lowest BCUT2D eigenvalue weighted by molar-refractivity contribution is 0.416. The fraction of sp³-hybridized carbons (Fsp3) is 0. The summed E-state index contributed by atoms with van der Waals surface area (Å²) in [6.45, 7) is 0. The topological polar surface area (TPSA) is 0 Å². The molecule has 94 valence electrons. The van der Waals surface area contributed by atoms with Crippen LogP contribution in [0, 0.1) is 0 Å². The van der Waals surface area contributed by atoms with Crippen molar-refractivity contribution in [1.82, 2.24) is 0 Å². The van der Waals surface area contributed by atoms with E-state index in [0.29, 0.717) is 11.4 Å². The van der Waals surface area contributed by atoms with Crippen molar-refractivity contribution in [1.29, 1.82) is 0 Å². The molecule has 0 N–H and O–H groups in total. The molecule has 3 aliphatic rings. The number of allylic oxidation sites excluding steroid dienone is 7. The number of hydrogen-bond donors (Lipinski definition) is 0. The van der Waals surface area contributed by atoms with E-state index in [4.69, 9.17) is 0 Å². The van der Waals surface area contributed by atoms with Gasteiger partial charge in [0.1, 0.15) is 0 Å². The predicted molar refractivity (Wildman–Crippen MR) is 57.5 cm³/mol. The highest BCUT2D eigenvalue weighted by atomic mass is 28.4. The van der Waals surface area contributed by atoms with E-state index in [1.807, 2.05) is 0 Å². The summed E-state index contributed by atoms with van der Waals surface area (Å²) in [5.41, 5.74) is -0.524. The SMILES string of the molecule is FC(F)=C1C2=C(C3=C1C=C[Si]3(F)F)[Si](F)(F)C=C2. The van der Waals surface area contributed by atoms with E-state index >= 15 is 0 Å². The Morgan fingerprint density at radius 1 is 0.778 bits per heavy atom. The Morgan fingerprint density at radius 2 is 1.17 bits per heavy atom. The van der Waals surface area contributed by atoms with Crippen molar-refractivity contribution < 1.29 is 25.2 Å². The Balaban J connectivity index is 2.33. The fourth-order valence-electron chi connectivity index (χ4n) is 2.44. The Bertz CT molecular complexity index is 568. The lowest BCUT2D eigenvalue weighted by Crippen LogP contribution is -2.31. The molecule has 0 saturated heterocycles. The first-order chi connectivity index (χ1) is 8.26. The van der Waals surface area contributed by atoms with Gasteiger partial charge in [0.25, 0.3) is 6.08 Å². The summed E-state index contributed by atoms with van der Waals surface area (Å²) in [7, 11) is -10.3. The van der Waals surface area contributed by atoms with Gasteiger partial charge in [0, 0.05) is 10.4 Å². The van der Waals surface area contributed by atoms with E-state index in [2.05, 4.69) is 0 Å². The van der Waals surface area contributed by atoms with Gasteiger partial charge >= 0.3 is 17.5 Å². The number of halogens is 6. The summed E-state index contributed by atoms with van der Waals surface area (Å²) in [4.78, 5) is 0. The maximum absolute atomic E-state index is 13.7. The third-order valence-corrected chi connectivity index (χ3v) is 6.89. The van der Waals surface area contributed by atoms with E-state index in [9.17, 15) is 25.2 Å². The molecule has 3 rings (SSSR count). The molecular formula is C10H4F6Si2. The molecule has 8 heteroatoms. The third kappa shape index (κ3) is 1.27. The number of fused-ring (bicyclic) bond motifs is 1. The van der Waals surface area contributed by atoms with Gasteiger partial charge in [-0.15, -0.1) is 0 Å². The van der Waals surface area contributed by atoms with Crippen molar-refractivity contribution in [3.8, 4) is 0 Å². The van der Waals surface area contributed by atoms with Crippen LogP contribution in [0.15, 0.2) is 56.7 Å². The molecular weight excluding hydrogens is 290 g/mol. The first-order valence-electron chi connectivity index (χ1n) is 4.96. The molecule has 2 aliphatic heterocycles. The van der Waals surface area contributed by atoms with E-state index in [0.717, 1.165) is 12.2 Å². The van der Waals surface area contributed by atoms with E-state index < -0.39 is 50.7 Å². The van der Waals surface area contributed by atoms with Crippen LogP contribution in [0.4, 0.5) is 25.2 Å². The number of rotatable bonds is 0. The molecule has 0 nitrogen and oxygen atoms in total. The van der Waals surface area contributed by atoms with Crippen LogP contribution >= 0.6 is 0 Å². The first kappa shape index (κ1) is 11.8. The van der Waals surface area contributed by atoms with Crippen LogP contribution in [-0.2, 0) is 0 Å². The molecule has 0 amide bonds. The zero-order chi connectivity index (χ0) is 13.3. The predicted octanol–water partition coefficient (Wildman–Crippen LogP) is 3.80. The zero-order valence-corrected chi connectivity index (χ0v) is 10.6. The highest BCUT2D eigenvalue weighted by molar-refractivity contribution is 6.90. The van der Waals surface area contributed by atoms with Gasteiger partial charge in [0.15, 0.2) is 0 Å². The van der Waals surface area contributed by atoms with Crippen LogP contribution in [0.3, 0.4) is 0 Å². The third-order valence-electron chi connectivity index (χ3n) is 3.10. The van der Waals surface area contributed by atoms with Crippen molar-refractivity contribution >= 4 is 17.5 Å². The van der Waals surface area contributed by atoms with Crippen LogP contribution in [-0.4, -0.2) is 17.5 Å². The van der Waals surface area contributed by atoms with Crippen molar-refractivity contribution in [2.75, 3.05) is 0 Å². The summed E-state index contributed by atoms with van der Waals surface area (Å²) >= 11 is 0. The first-order valence-corrected chi connectivity index (χ1v) is 8.62. The van der Waals surface area contributed by atoms with Gasteiger partial charge in [-0.05, 0) is 22.5 Å². The molecule has 0 unspecified atom stereocenters. The Labute approximate surface area is 100 Å².